The Labute approximate surface area is 123 Å². The molecule has 0 fully saturated rings. The molecule has 21 heavy (non-hydrogen) atoms. The van der Waals surface area contributed by atoms with Crippen molar-refractivity contribution in [1.82, 2.24) is 0 Å². The molecule has 8 heteroatoms. The van der Waals surface area contributed by atoms with Gasteiger partial charge in [-0.05, 0) is 44.8 Å². The molecular weight excluding hydrogens is 334 g/mol. The molecular formula is C13H6F6S2. The summed E-state index contributed by atoms with van der Waals surface area (Å²) in [4.78, 5) is 0. The Morgan fingerprint density at radius 3 is 1.33 bits per heavy atom. The first-order valence-electron chi connectivity index (χ1n) is 5.65. The molecule has 112 valence electrons. The summed E-state index contributed by atoms with van der Waals surface area (Å²) in [5, 5.41) is 5.07. The maximum absolute atomic E-state index is 14.0. The van der Waals surface area contributed by atoms with Crippen molar-refractivity contribution in [2.45, 2.75) is 17.8 Å². The standard InChI is InChI=1S/C13H6F6S2/c14-11(15)9(7-1-3-20-5-7)10(8-2-4-21-6-8)12(16,17)13(11,18)19/h1-6H. The lowest BCUT2D eigenvalue weighted by Gasteiger charge is -2.25. The van der Waals surface area contributed by atoms with Crippen molar-refractivity contribution >= 4 is 33.8 Å². The number of alkyl halides is 6. The zero-order valence-corrected chi connectivity index (χ0v) is 11.7. The molecule has 0 unspecified atom stereocenters. The second-order valence-corrected chi connectivity index (χ2v) is 6.06. The third kappa shape index (κ3) is 1.75. The van der Waals surface area contributed by atoms with Gasteiger partial charge in [-0.3, -0.25) is 0 Å². The van der Waals surface area contributed by atoms with Crippen LogP contribution in [0.5, 0.6) is 0 Å². The molecule has 0 amide bonds. The van der Waals surface area contributed by atoms with Gasteiger partial charge < -0.3 is 0 Å². The fourth-order valence-electron chi connectivity index (χ4n) is 2.29. The van der Waals surface area contributed by atoms with Crippen molar-refractivity contribution in [3.05, 3.63) is 44.8 Å². The minimum Gasteiger partial charge on any atom is -0.194 e. The van der Waals surface area contributed by atoms with Crippen molar-refractivity contribution in [3.8, 4) is 0 Å². The minimum atomic E-state index is -5.46. The van der Waals surface area contributed by atoms with E-state index in [4.69, 9.17) is 0 Å². The molecule has 2 aromatic rings. The molecule has 0 aliphatic heterocycles. The van der Waals surface area contributed by atoms with Crippen LogP contribution in [0.2, 0.25) is 0 Å². The number of hydrogen-bond donors (Lipinski definition) is 0. The van der Waals surface area contributed by atoms with E-state index >= 15 is 0 Å². The highest BCUT2D eigenvalue weighted by Gasteiger charge is 2.80. The fourth-order valence-corrected chi connectivity index (χ4v) is 3.58. The van der Waals surface area contributed by atoms with E-state index in [0.29, 0.717) is 0 Å². The molecule has 2 heterocycles. The van der Waals surface area contributed by atoms with E-state index in [1.54, 1.807) is 0 Å². The molecule has 3 rings (SSSR count). The Kier molecular flexibility index (Phi) is 3.04. The van der Waals surface area contributed by atoms with Crippen LogP contribution in [0, 0.1) is 0 Å². The first-order chi connectivity index (χ1) is 9.71. The monoisotopic (exact) mass is 340 g/mol. The largest absolute Gasteiger partial charge is 0.380 e. The maximum Gasteiger partial charge on any atom is 0.380 e. The topological polar surface area (TPSA) is 0 Å². The second-order valence-electron chi connectivity index (χ2n) is 4.50. The zero-order chi connectivity index (χ0) is 15.5. The first-order valence-corrected chi connectivity index (χ1v) is 7.53. The van der Waals surface area contributed by atoms with Crippen LogP contribution in [0.3, 0.4) is 0 Å². The second kappa shape index (κ2) is 4.36. The van der Waals surface area contributed by atoms with E-state index in [2.05, 4.69) is 0 Å². The van der Waals surface area contributed by atoms with Gasteiger partial charge in [-0.1, -0.05) is 0 Å². The normalized spacial score (nSPS) is 22.8. The fraction of sp³-hybridized carbons (Fsp3) is 0.231. The van der Waals surface area contributed by atoms with Crippen LogP contribution in [0.1, 0.15) is 11.1 Å². The predicted molar refractivity (Wildman–Crippen MR) is 70.3 cm³/mol. The van der Waals surface area contributed by atoms with Gasteiger partial charge in [0.05, 0.1) is 0 Å². The third-order valence-electron chi connectivity index (χ3n) is 3.29. The van der Waals surface area contributed by atoms with Crippen molar-refractivity contribution in [2.24, 2.45) is 0 Å². The SMILES string of the molecule is FC1(F)C(c2ccsc2)=C(c2ccsc2)C(F)(F)C1(F)F. The third-order valence-corrected chi connectivity index (χ3v) is 4.65. The van der Waals surface area contributed by atoms with Crippen LogP contribution in [0.25, 0.3) is 11.1 Å². The van der Waals surface area contributed by atoms with E-state index in [0.717, 1.165) is 45.6 Å². The van der Waals surface area contributed by atoms with Crippen molar-refractivity contribution in [3.63, 3.8) is 0 Å². The summed E-state index contributed by atoms with van der Waals surface area (Å²) >= 11 is 1.94. The van der Waals surface area contributed by atoms with Crippen LogP contribution in [-0.4, -0.2) is 17.8 Å². The van der Waals surface area contributed by atoms with Crippen LogP contribution >= 0.6 is 22.7 Å². The summed E-state index contributed by atoms with van der Waals surface area (Å²) < 4.78 is 83.3. The molecule has 1 aliphatic carbocycles. The molecule has 0 saturated heterocycles. The average Bonchev–Trinajstić information content (AvgIpc) is 3.08. The molecule has 0 N–H and O–H groups in total. The Morgan fingerprint density at radius 2 is 1.05 bits per heavy atom. The lowest BCUT2D eigenvalue weighted by Crippen LogP contribution is -2.48. The van der Waals surface area contributed by atoms with Crippen molar-refractivity contribution < 1.29 is 26.3 Å². The predicted octanol–water partition coefficient (Wildman–Crippen LogP) is 5.64. The van der Waals surface area contributed by atoms with Crippen molar-refractivity contribution in [1.29, 1.82) is 0 Å². The number of thiophene rings is 2. The van der Waals surface area contributed by atoms with Crippen LogP contribution in [0.15, 0.2) is 33.7 Å². The first kappa shape index (κ1) is 14.6. The van der Waals surface area contributed by atoms with Gasteiger partial charge in [0.1, 0.15) is 0 Å². The van der Waals surface area contributed by atoms with E-state index in [9.17, 15) is 26.3 Å². The smallest absolute Gasteiger partial charge is 0.194 e. The average molecular weight is 340 g/mol. The van der Waals surface area contributed by atoms with Crippen LogP contribution < -0.4 is 0 Å². The zero-order valence-electron chi connectivity index (χ0n) is 10.0. The molecule has 2 aromatic heterocycles. The van der Waals surface area contributed by atoms with Gasteiger partial charge in [-0.2, -0.15) is 49.0 Å². The Hall–Kier alpha value is -1.28. The van der Waals surface area contributed by atoms with Gasteiger partial charge in [0.25, 0.3) is 0 Å². The van der Waals surface area contributed by atoms with E-state index in [1.807, 2.05) is 0 Å². The molecule has 1 aliphatic rings. The van der Waals surface area contributed by atoms with E-state index in [-0.39, 0.29) is 11.1 Å². The highest BCUT2D eigenvalue weighted by atomic mass is 32.1. The van der Waals surface area contributed by atoms with Crippen LogP contribution in [0.4, 0.5) is 26.3 Å². The molecule has 0 bridgehead atoms. The summed E-state index contributed by atoms with van der Waals surface area (Å²) in [6, 6.07) is 2.27. The molecule has 0 saturated carbocycles. The summed E-state index contributed by atoms with van der Waals surface area (Å²) in [5.74, 6) is -15.3. The highest BCUT2D eigenvalue weighted by molar-refractivity contribution is 7.08. The van der Waals surface area contributed by atoms with Gasteiger partial charge in [0, 0.05) is 11.1 Å². The lowest BCUT2D eigenvalue weighted by atomic mass is 9.98. The molecule has 0 radical (unpaired) electrons. The van der Waals surface area contributed by atoms with Gasteiger partial charge in [-0.25, -0.2) is 0 Å². The van der Waals surface area contributed by atoms with Gasteiger partial charge >= 0.3 is 17.8 Å². The summed E-state index contributed by atoms with van der Waals surface area (Å²) in [7, 11) is 0. The van der Waals surface area contributed by atoms with Gasteiger partial charge in [-0.15, -0.1) is 0 Å². The Bertz CT molecular complexity index is 624. The van der Waals surface area contributed by atoms with Crippen molar-refractivity contribution in [2.75, 3.05) is 0 Å². The number of halogens is 6. The van der Waals surface area contributed by atoms with Crippen LogP contribution in [-0.2, 0) is 0 Å². The quantitative estimate of drug-likeness (QED) is 0.621. The minimum absolute atomic E-state index is 0.303. The number of hydrogen-bond acceptors (Lipinski definition) is 2. The molecule has 0 spiro atoms. The van der Waals surface area contributed by atoms with Gasteiger partial charge in [0.2, 0.25) is 0 Å². The van der Waals surface area contributed by atoms with E-state index in [1.165, 1.54) is 10.8 Å². The summed E-state index contributed by atoms with van der Waals surface area (Å²) in [6.45, 7) is 0. The molecule has 0 atom stereocenters. The number of allylic oxidation sites excluding steroid dienone is 2. The maximum atomic E-state index is 14.0. The Balaban J connectivity index is 2.38. The number of rotatable bonds is 2. The molecule has 0 aromatic carbocycles. The highest BCUT2D eigenvalue weighted by Crippen LogP contribution is 2.64. The Morgan fingerprint density at radius 1 is 0.667 bits per heavy atom. The lowest BCUT2D eigenvalue weighted by molar-refractivity contribution is -0.254. The summed E-state index contributed by atoms with van der Waals surface area (Å²) in [6.07, 6.45) is 0. The van der Waals surface area contributed by atoms with E-state index < -0.39 is 28.9 Å². The molecule has 0 nitrogen and oxygen atoms in total. The summed E-state index contributed by atoms with van der Waals surface area (Å²) in [5.41, 5.74) is -3.19. The van der Waals surface area contributed by atoms with Gasteiger partial charge in [0.15, 0.2) is 0 Å².